The van der Waals surface area contributed by atoms with E-state index in [1.165, 1.54) is 6.07 Å². The summed E-state index contributed by atoms with van der Waals surface area (Å²) in [5, 5.41) is 2.76. The second kappa shape index (κ2) is 9.03. The lowest BCUT2D eigenvalue weighted by atomic mass is 10.2. The van der Waals surface area contributed by atoms with Crippen molar-refractivity contribution in [2.75, 3.05) is 5.32 Å². The summed E-state index contributed by atoms with van der Waals surface area (Å²) in [4.78, 5) is 35.4. The van der Waals surface area contributed by atoms with E-state index in [4.69, 9.17) is 4.42 Å². The lowest BCUT2D eigenvalue weighted by molar-refractivity contribution is -0.116. The van der Waals surface area contributed by atoms with Gasteiger partial charge in [0.2, 0.25) is 5.91 Å². The van der Waals surface area contributed by atoms with Gasteiger partial charge < -0.3 is 9.73 Å². The third-order valence-corrected chi connectivity index (χ3v) is 3.70. The molecule has 132 valence electrons. The molecule has 0 saturated heterocycles. The average Bonchev–Trinajstić information content (AvgIpc) is 3.04. The maximum Gasteiger partial charge on any atom is 0.305 e. The predicted octanol–water partition coefficient (Wildman–Crippen LogP) is 3.25. The van der Waals surface area contributed by atoms with E-state index in [0.29, 0.717) is 22.3 Å². The molecule has 0 fully saturated rings. The van der Waals surface area contributed by atoms with Gasteiger partial charge in [0.05, 0.1) is 0 Å². The number of amides is 3. The molecule has 25 heavy (non-hydrogen) atoms. The molecule has 0 spiro atoms. The Kier molecular flexibility index (Phi) is 6.76. The van der Waals surface area contributed by atoms with Gasteiger partial charge in [-0.2, -0.15) is 0 Å². The first-order valence-electron chi connectivity index (χ1n) is 7.75. The molecule has 0 aliphatic heterocycles. The highest BCUT2D eigenvalue weighted by Crippen LogP contribution is 2.13. The molecule has 3 N–H and O–H groups in total. The summed E-state index contributed by atoms with van der Waals surface area (Å²) in [5.41, 5.74) is 5.50. The van der Waals surface area contributed by atoms with Gasteiger partial charge in [0.1, 0.15) is 0 Å². The number of carbonyl (C=O) groups is 3. The monoisotopic (exact) mass is 407 g/mol. The van der Waals surface area contributed by atoms with E-state index in [1.54, 1.807) is 30.3 Å². The first-order chi connectivity index (χ1) is 12.0. The Labute approximate surface area is 153 Å². The number of halogens is 1. The molecule has 0 radical (unpaired) electrons. The van der Waals surface area contributed by atoms with Gasteiger partial charge in [0, 0.05) is 17.7 Å². The highest BCUT2D eigenvalue weighted by molar-refractivity contribution is 9.10. The van der Waals surface area contributed by atoms with Gasteiger partial charge in [-0.1, -0.05) is 13.3 Å². The van der Waals surface area contributed by atoms with E-state index in [9.17, 15) is 14.4 Å². The Morgan fingerprint density at radius 2 is 1.68 bits per heavy atom. The van der Waals surface area contributed by atoms with Gasteiger partial charge in [-0.05, 0) is 58.7 Å². The summed E-state index contributed by atoms with van der Waals surface area (Å²) >= 11 is 3.09. The zero-order chi connectivity index (χ0) is 18.2. The quantitative estimate of drug-likeness (QED) is 0.639. The van der Waals surface area contributed by atoms with Crippen molar-refractivity contribution in [3.63, 3.8) is 0 Å². The molecule has 1 heterocycles. The number of furan rings is 1. The van der Waals surface area contributed by atoms with Gasteiger partial charge in [0.25, 0.3) is 5.91 Å². The molecule has 2 aromatic rings. The summed E-state index contributed by atoms with van der Waals surface area (Å²) in [6.07, 6.45) is 2.25. The lowest BCUT2D eigenvalue weighted by Gasteiger charge is -2.08. The standard InChI is InChI=1S/C17H18BrN3O4/c1-2-3-4-15(22)19-12-7-5-11(6-8-12)16(23)20-21-17(24)13-9-10-14(18)25-13/h5-10H,2-4H2,1H3,(H,19,22)(H,20,23)(H,21,24). The number of hydrazine groups is 1. The lowest BCUT2D eigenvalue weighted by Crippen LogP contribution is -2.41. The first-order valence-corrected chi connectivity index (χ1v) is 8.55. The Morgan fingerprint density at radius 1 is 1.00 bits per heavy atom. The van der Waals surface area contributed by atoms with Crippen molar-refractivity contribution < 1.29 is 18.8 Å². The van der Waals surface area contributed by atoms with Gasteiger partial charge in [-0.25, -0.2) is 0 Å². The van der Waals surface area contributed by atoms with Crippen LogP contribution in [0.25, 0.3) is 0 Å². The second-order valence-corrected chi connectivity index (χ2v) is 6.02. The fourth-order valence-electron chi connectivity index (χ4n) is 1.95. The van der Waals surface area contributed by atoms with Crippen molar-refractivity contribution in [3.8, 4) is 0 Å². The van der Waals surface area contributed by atoms with Crippen LogP contribution in [0.15, 0.2) is 45.5 Å². The highest BCUT2D eigenvalue weighted by atomic mass is 79.9. The predicted molar refractivity (Wildman–Crippen MR) is 95.9 cm³/mol. The van der Waals surface area contributed by atoms with Crippen LogP contribution in [0.2, 0.25) is 0 Å². The van der Waals surface area contributed by atoms with Crippen LogP contribution in [0.1, 0.15) is 47.1 Å². The second-order valence-electron chi connectivity index (χ2n) is 5.24. The van der Waals surface area contributed by atoms with Crippen LogP contribution in [0.4, 0.5) is 5.69 Å². The zero-order valence-corrected chi connectivity index (χ0v) is 15.2. The maximum absolute atomic E-state index is 12.0. The van der Waals surface area contributed by atoms with Gasteiger partial charge in [-0.3, -0.25) is 25.2 Å². The van der Waals surface area contributed by atoms with Crippen molar-refractivity contribution in [1.29, 1.82) is 0 Å². The van der Waals surface area contributed by atoms with Crippen molar-refractivity contribution in [1.82, 2.24) is 10.9 Å². The first kappa shape index (κ1) is 18.7. The van der Waals surface area contributed by atoms with Crippen LogP contribution in [0, 0.1) is 0 Å². The van der Waals surface area contributed by atoms with E-state index in [2.05, 4.69) is 32.1 Å². The molecule has 0 atom stereocenters. The summed E-state index contributed by atoms with van der Waals surface area (Å²) < 4.78 is 5.49. The van der Waals surface area contributed by atoms with Gasteiger partial charge >= 0.3 is 5.91 Å². The van der Waals surface area contributed by atoms with Gasteiger partial charge in [-0.15, -0.1) is 0 Å². The SMILES string of the molecule is CCCCC(=O)Nc1ccc(C(=O)NNC(=O)c2ccc(Br)o2)cc1. The third kappa shape index (κ3) is 5.75. The molecule has 0 bridgehead atoms. The van der Waals surface area contributed by atoms with Crippen LogP contribution in [0.3, 0.4) is 0 Å². The summed E-state index contributed by atoms with van der Waals surface area (Å²) in [6, 6.07) is 9.42. The van der Waals surface area contributed by atoms with Crippen molar-refractivity contribution in [3.05, 3.63) is 52.4 Å². The Bertz CT molecular complexity index is 756. The van der Waals surface area contributed by atoms with Crippen LogP contribution in [-0.2, 0) is 4.79 Å². The van der Waals surface area contributed by atoms with Crippen LogP contribution < -0.4 is 16.2 Å². The maximum atomic E-state index is 12.0. The molecule has 0 unspecified atom stereocenters. The molecule has 0 aliphatic carbocycles. The molecular formula is C17H18BrN3O4. The average molecular weight is 408 g/mol. The normalized spacial score (nSPS) is 10.2. The number of unbranched alkanes of at least 4 members (excludes halogenated alkanes) is 1. The Morgan fingerprint density at radius 3 is 2.28 bits per heavy atom. The minimum atomic E-state index is -0.571. The molecule has 1 aromatic carbocycles. The topological polar surface area (TPSA) is 100 Å². The highest BCUT2D eigenvalue weighted by Gasteiger charge is 2.12. The number of anilines is 1. The molecule has 0 saturated carbocycles. The fourth-order valence-corrected chi connectivity index (χ4v) is 2.26. The van der Waals surface area contributed by atoms with Crippen LogP contribution in [-0.4, -0.2) is 17.7 Å². The number of hydrogen-bond acceptors (Lipinski definition) is 4. The van der Waals surface area contributed by atoms with E-state index in [0.717, 1.165) is 12.8 Å². The summed E-state index contributed by atoms with van der Waals surface area (Å²) in [5.74, 6) is -1.05. The van der Waals surface area contributed by atoms with Crippen molar-refractivity contribution >= 4 is 39.3 Å². The molecular weight excluding hydrogens is 390 g/mol. The van der Waals surface area contributed by atoms with E-state index < -0.39 is 11.8 Å². The number of carbonyl (C=O) groups excluding carboxylic acids is 3. The number of rotatable bonds is 6. The van der Waals surface area contributed by atoms with Gasteiger partial charge in [0.15, 0.2) is 10.4 Å². The Hall–Kier alpha value is -2.61. The summed E-state index contributed by atoms with van der Waals surface area (Å²) in [7, 11) is 0. The zero-order valence-electron chi connectivity index (χ0n) is 13.6. The van der Waals surface area contributed by atoms with E-state index >= 15 is 0 Å². The van der Waals surface area contributed by atoms with E-state index in [-0.39, 0.29) is 11.7 Å². The number of benzene rings is 1. The molecule has 1 aromatic heterocycles. The minimum absolute atomic E-state index is 0.0593. The van der Waals surface area contributed by atoms with Crippen molar-refractivity contribution in [2.45, 2.75) is 26.2 Å². The van der Waals surface area contributed by atoms with Crippen molar-refractivity contribution in [2.24, 2.45) is 0 Å². The number of nitrogens with one attached hydrogen (secondary N) is 3. The third-order valence-electron chi connectivity index (χ3n) is 3.27. The molecule has 2 rings (SSSR count). The number of hydrogen-bond donors (Lipinski definition) is 3. The van der Waals surface area contributed by atoms with Crippen LogP contribution in [0.5, 0.6) is 0 Å². The van der Waals surface area contributed by atoms with E-state index in [1.807, 2.05) is 6.92 Å². The Balaban J connectivity index is 1.85. The largest absolute Gasteiger partial charge is 0.444 e. The molecule has 8 heteroatoms. The smallest absolute Gasteiger partial charge is 0.305 e. The minimum Gasteiger partial charge on any atom is -0.444 e. The fraction of sp³-hybridized carbons (Fsp3) is 0.235. The summed E-state index contributed by atoms with van der Waals surface area (Å²) in [6.45, 7) is 2.02. The van der Waals surface area contributed by atoms with Crippen LogP contribution >= 0.6 is 15.9 Å². The molecule has 3 amide bonds. The molecule has 0 aliphatic rings. The molecule has 7 nitrogen and oxygen atoms in total.